The summed E-state index contributed by atoms with van der Waals surface area (Å²) in [4.78, 5) is 24.4. The van der Waals surface area contributed by atoms with E-state index < -0.39 is 0 Å². The third kappa shape index (κ3) is 1.83. The molecule has 0 aromatic heterocycles. The molecule has 0 saturated carbocycles. The molecule has 1 aliphatic heterocycles. The smallest absolute Gasteiger partial charge is 0.233 e. The minimum Gasteiger partial charge on any atom is -0.399 e. The van der Waals surface area contributed by atoms with E-state index in [1.54, 1.807) is 24.3 Å². The molecule has 2 rings (SSSR count). The summed E-state index contributed by atoms with van der Waals surface area (Å²) in [6.07, 6.45) is 1.54. The van der Waals surface area contributed by atoms with Crippen LogP contribution in [0.3, 0.4) is 0 Å². The van der Waals surface area contributed by atoms with Gasteiger partial charge in [-0.05, 0) is 30.7 Å². The number of amides is 2. The second-order valence-electron chi connectivity index (χ2n) is 3.57. The van der Waals surface area contributed by atoms with Gasteiger partial charge >= 0.3 is 0 Å². The average Bonchev–Trinajstić information content (AvgIpc) is 2.20. The van der Waals surface area contributed by atoms with Gasteiger partial charge in [-0.1, -0.05) is 0 Å². The first-order chi connectivity index (χ1) is 7.18. The van der Waals surface area contributed by atoms with Crippen LogP contribution in [0, 0.1) is 0 Å². The van der Waals surface area contributed by atoms with Crippen molar-refractivity contribution >= 4 is 23.2 Å². The first-order valence-electron chi connectivity index (χ1n) is 4.90. The van der Waals surface area contributed by atoms with E-state index in [-0.39, 0.29) is 11.8 Å². The first-order valence-corrected chi connectivity index (χ1v) is 4.90. The quantitative estimate of drug-likeness (QED) is 0.554. The van der Waals surface area contributed by atoms with Crippen molar-refractivity contribution in [2.45, 2.75) is 19.3 Å². The SMILES string of the molecule is Nc1ccc(N2C(=O)CCCC2=O)cc1. The summed E-state index contributed by atoms with van der Waals surface area (Å²) in [6, 6.07) is 6.75. The van der Waals surface area contributed by atoms with Gasteiger partial charge in [0.15, 0.2) is 0 Å². The van der Waals surface area contributed by atoms with Crippen LogP contribution in [0.1, 0.15) is 19.3 Å². The van der Waals surface area contributed by atoms with Crippen LogP contribution >= 0.6 is 0 Å². The molecule has 15 heavy (non-hydrogen) atoms. The Bertz CT molecular complexity index is 382. The Balaban J connectivity index is 2.31. The van der Waals surface area contributed by atoms with Crippen LogP contribution < -0.4 is 10.6 Å². The fourth-order valence-corrected chi connectivity index (χ4v) is 1.66. The van der Waals surface area contributed by atoms with E-state index in [9.17, 15) is 9.59 Å². The lowest BCUT2D eigenvalue weighted by Gasteiger charge is -2.24. The number of benzene rings is 1. The Morgan fingerprint density at radius 3 is 2.07 bits per heavy atom. The minimum atomic E-state index is -0.129. The third-order valence-electron chi connectivity index (χ3n) is 2.43. The molecule has 0 radical (unpaired) electrons. The standard InChI is InChI=1S/C11H12N2O2/c12-8-4-6-9(7-5-8)13-10(14)2-1-3-11(13)15/h4-7H,1-3,12H2. The van der Waals surface area contributed by atoms with E-state index in [0.29, 0.717) is 30.6 Å². The van der Waals surface area contributed by atoms with Crippen LogP contribution in [0.25, 0.3) is 0 Å². The van der Waals surface area contributed by atoms with Gasteiger partial charge < -0.3 is 5.73 Å². The van der Waals surface area contributed by atoms with Crippen molar-refractivity contribution in [3.8, 4) is 0 Å². The fraction of sp³-hybridized carbons (Fsp3) is 0.273. The highest BCUT2D eigenvalue weighted by atomic mass is 16.2. The van der Waals surface area contributed by atoms with Gasteiger partial charge in [-0.15, -0.1) is 0 Å². The molecule has 0 atom stereocenters. The van der Waals surface area contributed by atoms with E-state index in [0.717, 1.165) is 0 Å². The van der Waals surface area contributed by atoms with Crippen LogP contribution in [-0.4, -0.2) is 11.8 Å². The number of anilines is 2. The van der Waals surface area contributed by atoms with Gasteiger partial charge in [0.1, 0.15) is 0 Å². The fourth-order valence-electron chi connectivity index (χ4n) is 1.66. The van der Waals surface area contributed by atoms with Gasteiger partial charge in [-0.3, -0.25) is 14.5 Å². The molecule has 1 fully saturated rings. The molecule has 1 saturated heterocycles. The van der Waals surface area contributed by atoms with Crippen LogP contribution in [0.4, 0.5) is 11.4 Å². The molecule has 0 unspecified atom stereocenters. The predicted molar refractivity (Wildman–Crippen MR) is 57.2 cm³/mol. The summed E-state index contributed by atoms with van der Waals surface area (Å²) in [7, 11) is 0. The van der Waals surface area contributed by atoms with E-state index in [4.69, 9.17) is 5.73 Å². The van der Waals surface area contributed by atoms with E-state index in [1.807, 2.05) is 0 Å². The largest absolute Gasteiger partial charge is 0.399 e. The predicted octanol–water partition coefficient (Wildman–Crippen LogP) is 1.31. The number of hydrogen-bond donors (Lipinski definition) is 1. The molecule has 1 aromatic carbocycles. The van der Waals surface area contributed by atoms with Crippen molar-refractivity contribution < 1.29 is 9.59 Å². The summed E-state index contributed by atoms with van der Waals surface area (Å²) in [5.74, 6) is -0.257. The molecule has 4 heteroatoms. The van der Waals surface area contributed by atoms with Gasteiger partial charge in [0.2, 0.25) is 11.8 Å². The average molecular weight is 204 g/mol. The Hall–Kier alpha value is -1.84. The molecule has 0 aliphatic carbocycles. The Morgan fingerprint density at radius 1 is 1.00 bits per heavy atom. The van der Waals surface area contributed by atoms with Gasteiger partial charge in [0.05, 0.1) is 5.69 Å². The highest BCUT2D eigenvalue weighted by molar-refractivity contribution is 6.16. The zero-order valence-electron chi connectivity index (χ0n) is 8.27. The lowest BCUT2D eigenvalue weighted by atomic mass is 10.1. The maximum atomic E-state index is 11.6. The highest BCUT2D eigenvalue weighted by Gasteiger charge is 2.26. The zero-order chi connectivity index (χ0) is 10.8. The number of hydrogen-bond acceptors (Lipinski definition) is 3. The summed E-state index contributed by atoms with van der Waals surface area (Å²) >= 11 is 0. The van der Waals surface area contributed by atoms with Crippen LogP contribution in [0.15, 0.2) is 24.3 Å². The van der Waals surface area contributed by atoms with Crippen LogP contribution in [-0.2, 0) is 9.59 Å². The maximum absolute atomic E-state index is 11.6. The van der Waals surface area contributed by atoms with E-state index >= 15 is 0 Å². The topological polar surface area (TPSA) is 63.4 Å². The molecule has 4 nitrogen and oxygen atoms in total. The normalized spacial score (nSPS) is 16.9. The molecule has 1 aliphatic rings. The van der Waals surface area contributed by atoms with Crippen molar-refractivity contribution in [1.29, 1.82) is 0 Å². The van der Waals surface area contributed by atoms with Crippen molar-refractivity contribution in [2.75, 3.05) is 10.6 Å². The summed E-state index contributed by atoms with van der Waals surface area (Å²) < 4.78 is 0. The van der Waals surface area contributed by atoms with Gasteiger partial charge in [-0.2, -0.15) is 0 Å². The molecule has 78 valence electrons. The highest BCUT2D eigenvalue weighted by Crippen LogP contribution is 2.22. The number of nitrogen functional groups attached to an aromatic ring is 1. The second kappa shape index (κ2) is 3.73. The Kier molecular flexibility index (Phi) is 2.41. The zero-order valence-corrected chi connectivity index (χ0v) is 8.27. The van der Waals surface area contributed by atoms with Crippen molar-refractivity contribution in [3.63, 3.8) is 0 Å². The van der Waals surface area contributed by atoms with Crippen molar-refractivity contribution in [2.24, 2.45) is 0 Å². The van der Waals surface area contributed by atoms with Crippen molar-refractivity contribution in [1.82, 2.24) is 0 Å². The summed E-state index contributed by atoms with van der Waals surface area (Å²) in [5.41, 5.74) is 6.77. The summed E-state index contributed by atoms with van der Waals surface area (Å²) in [5, 5.41) is 0. The minimum absolute atomic E-state index is 0.129. The monoisotopic (exact) mass is 204 g/mol. The van der Waals surface area contributed by atoms with Crippen LogP contribution in [0.2, 0.25) is 0 Å². The number of nitrogens with zero attached hydrogens (tertiary/aromatic N) is 1. The molecular formula is C11H12N2O2. The summed E-state index contributed by atoms with van der Waals surface area (Å²) in [6.45, 7) is 0. The Labute approximate surface area is 87.7 Å². The van der Waals surface area contributed by atoms with Gasteiger partial charge in [0, 0.05) is 18.5 Å². The number of carbonyl (C=O) groups is 2. The second-order valence-corrected chi connectivity index (χ2v) is 3.57. The van der Waals surface area contributed by atoms with Crippen molar-refractivity contribution in [3.05, 3.63) is 24.3 Å². The molecule has 2 amide bonds. The number of piperidine rings is 1. The maximum Gasteiger partial charge on any atom is 0.233 e. The lowest BCUT2D eigenvalue weighted by molar-refractivity contribution is -0.129. The van der Waals surface area contributed by atoms with Gasteiger partial charge in [-0.25, -0.2) is 0 Å². The third-order valence-corrected chi connectivity index (χ3v) is 2.43. The van der Waals surface area contributed by atoms with E-state index in [1.165, 1.54) is 4.90 Å². The molecule has 1 heterocycles. The molecular weight excluding hydrogens is 192 g/mol. The molecule has 2 N–H and O–H groups in total. The molecule has 1 aromatic rings. The van der Waals surface area contributed by atoms with E-state index in [2.05, 4.69) is 0 Å². The van der Waals surface area contributed by atoms with Crippen LogP contribution in [0.5, 0.6) is 0 Å². The number of nitrogens with two attached hydrogens (primary N) is 1. The molecule has 0 spiro atoms. The lowest BCUT2D eigenvalue weighted by Crippen LogP contribution is -2.40. The number of carbonyl (C=O) groups excluding carboxylic acids is 2. The number of rotatable bonds is 1. The first kappa shape index (κ1) is 9.71. The number of imide groups is 1. The van der Waals surface area contributed by atoms with Gasteiger partial charge in [0.25, 0.3) is 0 Å². The molecule has 0 bridgehead atoms. The Morgan fingerprint density at radius 2 is 1.53 bits per heavy atom.